The van der Waals surface area contributed by atoms with Gasteiger partial charge in [0, 0.05) is 29.4 Å². The number of para-hydroxylation sites is 1. The van der Waals surface area contributed by atoms with Gasteiger partial charge in [-0.1, -0.05) is 18.2 Å². The second-order valence-corrected chi connectivity index (χ2v) is 6.40. The topological polar surface area (TPSA) is 111 Å². The van der Waals surface area contributed by atoms with Crippen LogP contribution in [0.15, 0.2) is 72.8 Å². The number of nitrogens with zero attached hydrogens (tertiary/aromatic N) is 1. The molecular weight excluding hydrogens is 380 g/mol. The number of anilines is 3. The zero-order valence-electron chi connectivity index (χ0n) is 16.1. The molecule has 0 aliphatic heterocycles. The number of carbonyl (C=O) groups excluding carboxylic acids is 3. The highest BCUT2D eigenvalue weighted by Gasteiger charge is 2.11. The van der Waals surface area contributed by atoms with Gasteiger partial charge in [-0.15, -0.1) is 0 Å². The minimum absolute atomic E-state index is 0.204. The molecule has 0 aromatic heterocycles. The van der Waals surface area contributed by atoms with Crippen molar-refractivity contribution >= 4 is 34.8 Å². The molecule has 148 valence electrons. The summed E-state index contributed by atoms with van der Waals surface area (Å²) in [5.41, 5.74) is 2.61. The van der Waals surface area contributed by atoms with Gasteiger partial charge < -0.3 is 16.0 Å². The van der Waals surface area contributed by atoms with E-state index in [9.17, 15) is 14.4 Å². The van der Waals surface area contributed by atoms with Gasteiger partial charge in [0.25, 0.3) is 11.8 Å². The molecule has 0 saturated heterocycles. The SMILES string of the molecule is CC(=O)Nc1cccc(NC(=O)c2ccc(C(=O)Nc3ccccc3C#N)cc2)c1. The van der Waals surface area contributed by atoms with Crippen molar-refractivity contribution in [1.29, 1.82) is 5.26 Å². The van der Waals surface area contributed by atoms with Gasteiger partial charge in [0.1, 0.15) is 6.07 Å². The number of carbonyl (C=O) groups is 3. The van der Waals surface area contributed by atoms with E-state index in [1.54, 1.807) is 48.5 Å². The lowest BCUT2D eigenvalue weighted by Crippen LogP contribution is -2.15. The highest BCUT2D eigenvalue weighted by molar-refractivity contribution is 6.07. The van der Waals surface area contributed by atoms with Gasteiger partial charge in [0.05, 0.1) is 11.3 Å². The molecule has 0 bridgehead atoms. The smallest absolute Gasteiger partial charge is 0.255 e. The van der Waals surface area contributed by atoms with E-state index in [1.165, 1.54) is 31.2 Å². The number of benzene rings is 3. The molecule has 0 spiro atoms. The van der Waals surface area contributed by atoms with Crippen molar-refractivity contribution in [3.8, 4) is 6.07 Å². The lowest BCUT2D eigenvalue weighted by Gasteiger charge is -2.09. The molecule has 7 heteroatoms. The van der Waals surface area contributed by atoms with Gasteiger partial charge >= 0.3 is 0 Å². The van der Waals surface area contributed by atoms with Crippen molar-refractivity contribution in [1.82, 2.24) is 0 Å². The molecule has 0 aliphatic rings. The minimum atomic E-state index is -0.382. The summed E-state index contributed by atoms with van der Waals surface area (Å²) in [6.07, 6.45) is 0. The Bertz CT molecular complexity index is 1150. The Labute approximate surface area is 173 Å². The van der Waals surface area contributed by atoms with E-state index in [4.69, 9.17) is 5.26 Å². The van der Waals surface area contributed by atoms with Crippen LogP contribution in [0.1, 0.15) is 33.2 Å². The molecule has 0 atom stereocenters. The molecule has 3 N–H and O–H groups in total. The molecule has 30 heavy (non-hydrogen) atoms. The summed E-state index contributed by atoms with van der Waals surface area (Å²) < 4.78 is 0. The fourth-order valence-electron chi connectivity index (χ4n) is 2.74. The number of hydrogen-bond donors (Lipinski definition) is 3. The maximum atomic E-state index is 12.5. The van der Waals surface area contributed by atoms with E-state index in [0.29, 0.717) is 33.8 Å². The van der Waals surface area contributed by atoms with Crippen LogP contribution in [0.3, 0.4) is 0 Å². The second-order valence-electron chi connectivity index (χ2n) is 6.40. The molecule has 0 radical (unpaired) electrons. The molecule has 0 unspecified atom stereocenters. The van der Waals surface area contributed by atoms with Crippen molar-refractivity contribution in [2.24, 2.45) is 0 Å². The first kappa shape index (κ1) is 20.3. The Hall–Kier alpha value is -4.44. The lowest BCUT2D eigenvalue weighted by atomic mass is 10.1. The van der Waals surface area contributed by atoms with Crippen LogP contribution in [-0.2, 0) is 4.79 Å². The number of amides is 3. The highest BCUT2D eigenvalue weighted by atomic mass is 16.2. The third-order valence-corrected chi connectivity index (χ3v) is 4.15. The number of nitrogens with one attached hydrogen (secondary N) is 3. The van der Waals surface area contributed by atoms with E-state index in [0.717, 1.165) is 0 Å². The average Bonchev–Trinajstić information content (AvgIpc) is 2.74. The number of nitriles is 1. The van der Waals surface area contributed by atoms with Gasteiger partial charge in [0.2, 0.25) is 5.91 Å². The Morgan fingerprint density at radius 3 is 1.90 bits per heavy atom. The number of rotatable bonds is 5. The first-order chi connectivity index (χ1) is 14.5. The fourth-order valence-corrected chi connectivity index (χ4v) is 2.74. The minimum Gasteiger partial charge on any atom is -0.326 e. The first-order valence-electron chi connectivity index (χ1n) is 9.06. The molecule has 0 aliphatic carbocycles. The third kappa shape index (κ3) is 5.09. The standard InChI is InChI=1S/C23H18N4O3/c1-15(28)25-19-6-4-7-20(13-19)26-22(29)16-9-11-17(12-10-16)23(30)27-21-8-3-2-5-18(21)14-24/h2-13H,1H3,(H,25,28)(H,26,29)(H,27,30). The van der Waals surface area contributed by atoms with E-state index >= 15 is 0 Å². The molecule has 3 amide bonds. The molecule has 0 saturated carbocycles. The van der Waals surface area contributed by atoms with Crippen molar-refractivity contribution in [2.45, 2.75) is 6.92 Å². The van der Waals surface area contributed by atoms with Crippen molar-refractivity contribution in [3.05, 3.63) is 89.5 Å². The van der Waals surface area contributed by atoms with Crippen molar-refractivity contribution in [2.75, 3.05) is 16.0 Å². The zero-order valence-corrected chi connectivity index (χ0v) is 16.1. The molecule has 3 rings (SSSR count). The summed E-state index contributed by atoms with van der Waals surface area (Å²) in [6.45, 7) is 1.40. The molecule has 3 aromatic carbocycles. The molecule has 3 aromatic rings. The Balaban J connectivity index is 1.68. The van der Waals surface area contributed by atoms with Gasteiger partial charge in [0.15, 0.2) is 0 Å². The van der Waals surface area contributed by atoms with Gasteiger partial charge in [-0.2, -0.15) is 5.26 Å². The zero-order chi connectivity index (χ0) is 21.5. The van der Waals surface area contributed by atoms with E-state index < -0.39 is 0 Å². The third-order valence-electron chi connectivity index (χ3n) is 4.15. The van der Waals surface area contributed by atoms with Gasteiger partial charge in [-0.05, 0) is 54.6 Å². The summed E-state index contributed by atoms with van der Waals surface area (Å²) in [5.74, 6) is -0.936. The normalized spacial score (nSPS) is 9.87. The maximum Gasteiger partial charge on any atom is 0.255 e. The van der Waals surface area contributed by atoms with E-state index in [1.807, 2.05) is 6.07 Å². The average molecular weight is 398 g/mol. The molecular formula is C23H18N4O3. The Kier molecular flexibility index (Phi) is 6.20. The highest BCUT2D eigenvalue weighted by Crippen LogP contribution is 2.18. The summed E-state index contributed by atoms with van der Waals surface area (Å²) in [6, 6.07) is 21.7. The van der Waals surface area contributed by atoms with E-state index in [-0.39, 0.29) is 17.7 Å². The van der Waals surface area contributed by atoms with Crippen molar-refractivity contribution < 1.29 is 14.4 Å². The van der Waals surface area contributed by atoms with Crippen LogP contribution in [0.5, 0.6) is 0 Å². The lowest BCUT2D eigenvalue weighted by molar-refractivity contribution is -0.114. The quantitative estimate of drug-likeness (QED) is 0.603. The van der Waals surface area contributed by atoms with Crippen LogP contribution in [0.4, 0.5) is 17.1 Å². The molecule has 0 heterocycles. The number of hydrogen-bond acceptors (Lipinski definition) is 4. The van der Waals surface area contributed by atoms with Crippen LogP contribution in [-0.4, -0.2) is 17.7 Å². The summed E-state index contributed by atoms with van der Waals surface area (Å²) in [7, 11) is 0. The fraction of sp³-hybridized carbons (Fsp3) is 0.0435. The van der Waals surface area contributed by atoms with Crippen molar-refractivity contribution in [3.63, 3.8) is 0 Å². The summed E-state index contributed by atoms with van der Waals surface area (Å²) in [5, 5.41) is 17.2. The molecule has 0 fully saturated rings. The Morgan fingerprint density at radius 1 is 0.733 bits per heavy atom. The largest absolute Gasteiger partial charge is 0.326 e. The second kappa shape index (κ2) is 9.17. The van der Waals surface area contributed by atoms with E-state index in [2.05, 4.69) is 16.0 Å². The summed E-state index contributed by atoms with van der Waals surface area (Å²) >= 11 is 0. The van der Waals surface area contributed by atoms with Crippen LogP contribution < -0.4 is 16.0 Å². The van der Waals surface area contributed by atoms with Gasteiger partial charge in [-0.25, -0.2) is 0 Å². The van der Waals surface area contributed by atoms with Gasteiger partial charge in [-0.3, -0.25) is 14.4 Å². The van der Waals surface area contributed by atoms with Crippen LogP contribution >= 0.6 is 0 Å². The monoisotopic (exact) mass is 398 g/mol. The summed E-state index contributed by atoms with van der Waals surface area (Å²) in [4.78, 5) is 36.1. The Morgan fingerprint density at radius 2 is 1.30 bits per heavy atom. The predicted molar refractivity (Wildman–Crippen MR) is 114 cm³/mol. The van der Waals surface area contributed by atoms with Crippen LogP contribution in [0.2, 0.25) is 0 Å². The van der Waals surface area contributed by atoms with Crippen LogP contribution in [0, 0.1) is 11.3 Å². The first-order valence-corrected chi connectivity index (χ1v) is 9.06. The maximum absolute atomic E-state index is 12.5. The van der Waals surface area contributed by atoms with Crippen LogP contribution in [0.25, 0.3) is 0 Å². The molecule has 7 nitrogen and oxygen atoms in total. The predicted octanol–water partition coefficient (Wildman–Crippen LogP) is 4.02.